The second-order valence-electron chi connectivity index (χ2n) is 7.58. The summed E-state index contributed by atoms with van der Waals surface area (Å²) >= 11 is 0. The fourth-order valence-electron chi connectivity index (χ4n) is 3.39. The first-order valence-corrected chi connectivity index (χ1v) is 10.6. The van der Waals surface area contributed by atoms with Crippen LogP contribution in [0, 0.1) is 12.7 Å². The molecule has 3 aromatic rings. The minimum Gasteiger partial charge on any atom is -0.325 e. The number of hydrogen-bond donors (Lipinski definition) is 2. The van der Waals surface area contributed by atoms with Gasteiger partial charge in [-0.1, -0.05) is 37.3 Å². The molecule has 168 valence electrons. The molecule has 1 aromatic heterocycles. The lowest BCUT2D eigenvalue weighted by atomic mass is 10.2. The van der Waals surface area contributed by atoms with Gasteiger partial charge in [-0.25, -0.2) is 9.07 Å². The molecular weight excluding hydrogens is 409 g/mol. The lowest BCUT2D eigenvalue weighted by Gasteiger charge is -2.27. The molecule has 32 heavy (non-hydrogen) atoms. The van der Waals surface area contributed by atoms with Crippen molar-refractivity contribution in [2.45, 2.75) is 33.2 Å². The Morgan fingerprint density at radius 1 is 1.09 bits per heavy atom. The summed E-state index contributed by atoms with van der Waals surface area (Å²) in [5.74, 6) is -0.569. The molecule has 0 aliphatic heterocycles. The van der Waals surface area contributed by atoms with Gasteiger partial charge < -0.3 is 10.6 Å². The zero-order valence-corrected chi connectivity index (χ0v) is 18.5. The number of amides is 2. The first-order chi connectivity index (χ1) is 15.4. The smallest absolute Gasteiger partial charge is 0.241 e. The summed E-state index contributed by atoms with van der Waals surface area (Å²) in [5, 5.41) is 9.99. The highest BCUT2D eigenvalue weighted by atomic mass is 19.1. The van der Waals surface area contributed by atoms with Crippen molar-refractivity contribution in [3.8, 4) is 5.69 Å². The lowest BCUT2D eigenvalue weighted by molar-refractivity contribution is -0.123. The number of carbonyl (C=O) groups is 2. The summed E-state index contributed by atoms with van der Waals surface area (Å²) in [6.07, 6.45) is 0.780. The van der Waals surface area contributed by atoms with E-state index in [2.05, 4.69) is 15.7 Å². The van der Waals surface area contributed by atoms with Crippen LogP contribution in [0.25, 0.3) is 5.69 Å². The van der Waals surface area contributed by atoms with Crippen LogP contribution in [0.4, 0.5) is 15.9 Å². The van der Waals surface area contributed by atoms with Gasteiger partial charge in [-0.05, 0) is 51.1 Å². The van der Waals surface area contributed by atoms with Crippen molar-refractivity contribution in [3.05, 3.63) is 72.2 Å². The minimum absolute atomic E-state index is 0.0126. The van der Waals surface area contributed by atoms with E-state index >= 15 is 0 Å². The number of aryl methyl sites for hydroxylation is 1. The largest absolute Gasteiger partial charge is 0.325 e. The summed E-state index contributed by atoms with van der Waals surface area (Å²) in [4.78, 5) is 27.4. The molecule has 0 spiro atoms. The molecule has 0 fully saturated rings. The van der Waals surface area contributed by atoms with Gasteiger partial charge in [-0.3, -0.25) is 14.5 Å². The van der Waals surface area contributed by atoms with Gasteiger partial charge in [0.2, 0.25) is 11.8 Å². The number of carbonyl (C=O) groups excluding carboxylic acids is 2. The molecule has 0 saturated heterocycles. The number of nitrogens with zero attached hydrogens (tertiary/aromatic N) is 3. The van der Waals surface area contributed by atoms with Gasteiger partial charge in [-0.15, -0.1) is 0 Å². The molecular formula is C24H28FN5O2. The highest BCUT2D eigenvalue weighted by Gasteiger charge is 2.24. The summed E-state index contributed by atoms with van der Waals surface area (Å²) in [6.45, 7) is 6.12. The van der Waals surface area contributed by atoms with E-state index in [1.807, 2.05) is 42.2 Å². The number of benzene rings is 2. The predicted molar refractivity (Wildman–Crippen MR) is 123 cm³/mol. The Bertz CT molecular complexity index is 1070. The maximum atomic E-state index is 14.3. The molecule has 0 saturated carbocycles. The monoisotopic (exact) mass is 437 g/mol. The van der Waals surface area contributed by atoms with Crippen molar-refractivity contribution in [2.24, 2.45) is 0 Å². The van der Waals surface area contributed by atoms with Crippen molar-refractivity contribution >= 4 is 23.3 Å². The van der Waals surface area contributed by atoms with Crippen LogP contribution in [0.2, 0.25) is 0 Å². The number of hydrogen-bond acceptors (Lipinski definition) is 4. The van der Waals surface area contributed by atoms with Crippen LogP contribution in [0.15, 0.2) is 60.7 Å². The van der Waals surface area contributed by atoms with Crippen molar-refractivity contribution < 1.29 is 14.0 Å². The maximum Gasteiger partial charge on any atom is 0.241 e. The molecule has 2 aromatic carbocycles. The highest BCUT2D eigenvalue weighted by molar-refractivity contribution is 5.96. The van der Waals surface area contributed by atoms with Crippen molar-refractivity contribution in [1.29, 1.82) is 0 Å². The van der Waals surface area contributed by atoms with Gasteiger partial charge in [0, 0.05) is 11.8 Å². The quantitative estimate of drug-likeness (QED) is 0.530. The SMILES string of the molecule is CCCN(CC(=O)Nc1cc(C)nn1-c1ccccc1F)C(C)C(=O)Nc1ccccc1. The molecule has 0 bridgehead atoms. The molecule has 1 unspecified atom stereocenters. The van der Waals surface area contributed by atoms with Crippen LogP contribution in [0.3, 0.4) is 0 Å². The lowest BCUT2D eigenvalue weighted by Crippen LogP contribution is -2.46. The van der Waals surface area contributed by atoms with Gasteiger partial charge in [0.25, 0.3) is 0 Å². The zero-order chi connectivity index (χ0) is 23.1. The average molecular weight is 438 g/mol. The summed E-state index contributed by atoms with van der Waals surface area (Å²) in [5.41, 5.74) is 1.59. The van der Waals surface area contributed by atoms with E-state index in [4.69, 9.17) is 0 Å². The van der Waals surface area contributed by atoms with E-state index in [0.29, 0.717) is 23.7 Å². The Labute approximate surface area is 187 Å². The Kier molecular flexibility index (Phi) is 7.72. The molecule has 8 heteroatoms. The van der Waals surface area contributed by atoms with Crippen LogP contribution in [-0.2, 0) is 9.59 Å². The van der Waals surface area contributed by atoms with Crippen LogP contribution >= 0.6 is 0 Å². The fraction of sp³-hybridized carbons (Fsp3) is 0.292. The zero-order valence-electron chi connectivity index (χ0n) is 18.5. The fourth-order valence-corrected chi connectivity index (χ4v) is 3.39. The molecule has 0 radical (unpaired) electrons. The van der Waals surface area contributed by atoms with Gasteiger partial charge in [0.05, 0.1) is 18.3 Å². The third kappa shape index (κ3) is 5.79. The van der Waals surface area contributed by atoms with Crippen molar-refractivity contribution in [1.82, 2.24) is 14.7 Å². The standard InChI is InChI=1S/C24H28FN5O2/c1-4-14-29(18(3)24(32)26-19-10-6-5-7-11-19)16-23(31)27-22-15-17(2)28-30(22)21-13-9-8-12-20(21)25/h5-13,15,18H,4,14,16H2,1-3H3,(H,26,32)(H,27,31). The van der Waals surface area contributed by atoms with Gasteiger partial charge >= 0.3 is 0 Å². The molecule has 1 atom stereocenters. The first-order valence-electron chi connectivity index (χ1n) is 10.6. The second-order valence-corrected chi connectivity index (χ2v) is 7.58. The van der Waals surface area contributed by atoms with Crippen LogP contribution in [0.5, 0.6) is 0 Å². The molecule has 0 aliphatic carbocycles. The average Bonchev–Trinajstić information content (AvgIpc) is 3.13. The van der Waals surface area contributed by atoms with Gasteiger partial charge in [0.1, 0.15) is 17.3 Å². The molecule has 0 aliphatic rings. The summed E-state index contributed by atoms with van der Waals surface area (Å²) in [6, 6.07) is 16.6. The van der Waals surface area contributed by atoms with Crippen molar-refractivity contribution in [3.63, 3.8) is 0 Å². The van der Waals surface area contributed by atoms with Gasteiger partial charge in [0.15, 0.2) is 0 Å². The van der Waals surface area contributed by atoms with Crippen LogP contribution < -0.4 is 10.6 Å². The Morgan fingerprint density at radius 2 is 1.78 bits per heavy atom. The topological polar surface area (TPSA) is 79.3 Å². The third-order valence-corrected chi connectivity index (χ3v) is 5.01. The van der Waals surface area contributed by atoms with E-state index in [-0.39, 0.29) is 24.0 Å². The number of halogens is 1. The van der Waals surface area contributed by atoms with Crippen LogP contribution in [-0.4, -0.2) is 45.6 Å². The number of rotatable bonds is 9. The third-order valence-electron chi connectivity index (χ3n) is 5.01. The normalized spacial score (nSPS) is 11.9. The minimum atomic E-state index is -0.515. The molecule has 3 rings (SSSR count). The Hall–Kier alpha value is -3.52. The predicted octanol–water partition coefficient (Wildman–Crippen LogP) is 4.00. The van der Waals surface area contributed by atoms with Gasteiger partial charge in [-0.2, -0.15) is 5.10 Å². The van der Waals surface area contributed by atoms with E-state index in [1.54, 1.807) is 38.1 Å². The number of nitrogens with one attached hydrogen (secondary N) is 2. The van der Waals surface area contributed by atoms with E-state index in [1.165, 1.54) is 10.7 Å². The van der Waals surface area contributed by atoms with E-state index in [0.717, 1.165) is 6.42 Å². The molecule has 2 amide bonds. The van der Waals surface area contributed by atoms with Crippen molar-refractivity contribution in [2.75, 3.05) is 23.7 Å². The second kappa shape index (κ2) is 10.7. The number of anilines is 2. The first kappa shape index (κ1) is 23.1. The Morgan fingerprint density at radius 3 is 2.47 bits per heavy atom. The van der Waals surface area contributed by atoms with E-state index < -0.39 is 11.9 Å². The highest BCUT2D eigenvalue weighted by Crippen LogP contribution is 2.20. The molecule has 7 nitrogen and oxygen atoms in total. The van der Waals surface area contributed by atoms with Crippen LogP contribution in [0.1, 0.15) is 26.0 Å². The molecule has 1 heterocycles. The number of aromatic nitrogens is 2. The number of para-hydroxylation sites is 2. The summed E-state index contributed by atoms with van der Waals surface area (Å²) < 4.78 is 15.6. The molecule has 2 N–H and O–H groups in total. The Balaban J connectivity index is 1.71. The summed E-state index contributed by atoms with van der Waals surface area (Å²) in [7, 11) is 0. The maximum absolute atomic E-state index is 14.3. The van der Waals surface area contributed by atoms with E-state index in [9.17, 15) is 14.0 Å².